The number of nitrogens with one attached hydrogen (secondary N) is 1. The molecule has 0 unspecified atom stereocenters. The Morgan fingerprint density at radius 1 is 1.18 bits per heavy atom. The Balaban J connectivity index is 1.44. The lowest BCUT2D eigenvalue weighted by Crippen LogP contribution is -2.14. The molecule has 0 radical (unpaired) electrons. The highest BCUT2D eigenvalue weighted by molar-refractivity contribution is 7.22. The number of aromatic nitrogens is 3. The van der Waals surface area contributed by atoms with Crippen LogP contribution in [0.1, 0.15) is 12.5 Å². The number of carbonyl (C=O) groups is 1. The van der Waals surface area contributed by atoms with E-state index in [0.29, 0.717) is 16.9 Å². The summed E-state index contributed by atoms with van der Waals surface area (Å²) in [7, 11) is 0. The number of anilines is 2. The van der Waals surface area contributed by atoms with Crippen molar-refractivity contribution in [2.45, 2.75) is 13.3 Å². The monoisotopic (exact) mass is 411 g/mol. The molecular formula is C19H17N5O2S2. The molecule has 0 saturated carbocycles. The average molecular weight is 412 g/mol. The molecule has 2 aromatic heterocycles. The van der Waals surface area contributed by atoms with E-state index in [1.54, 1.807) is 0 Å². The fraction of sp³-hybridized carbons (Fsp3) is 0.158. The van der Waals surface area contributed by atoms with Gasteiger partial charge in [-0.25, -0.2) is 4.98 Å². The number of hydrogen-bond donors (Lipinski definition) is 2. The maximum atomic E-state index is 12.4. The van der Waals surface area contributed by atoms with Crippen LogP contribution in [0.5, 0.6) is 5.75 Å². The number of nitrogens with two attached hydrogens (primary N) is 1. The first-order valence-corrected chi connectivity index (χ1v) is 10.3. The quantitative estimate of drug-likeness (QED) is 0.497. The highest BCUT2D eigenvalue weighted by Gasteiger charge is 2.12. The Labute approximate surface area is 169 Å². The van der Waals surface area contributed by atoms with Gasteiger partial charge in [0.05, 0.1) is 23.2 Å². The number of carbonyl (C=O) groups excluding carboxylic acids is 1. The molecule has 4 aromatic rings. The van der Waals surface area contributed by atoms with Crippen molar-refractivity contribution in [3.05, 3.63) is 48.0 Å². The average Bonchev–Trinajstić information content (AvgIpc) is 3.27. The number of nitrogen functional groups attached to an aromatic ring is 1. The van der Waals surface area contributed by atoms with Gasteiger partial charge in [-0.1, -0.05) is 40.9 Å². The molecule has 9 heteroatoms. The molecule has 0 fully saturated rings. The number of hydrogen-bond acceptors (Lipinski definition) is 8. The molecule has 2 aromatic carbocycles. The number of amides is 1. The molecule has 1 amide bonds. The van der Waals surface area contributed by atoms with E-state index in [-0.39, 0.29) is 12.3 Å². The van der Waals surface area contributed by atoms with E-state index < -0.39 is 0 Å². The molecule has 0 saturated heterocycles. The van der Waals surface area contributed by atoms with Crippen LogP contribution in [0.15, 0.2) is 42.5 Å². The molecule has 0 spiro atoms. The number of fused-ring (bicyclic) bond motifs is 1. The van der Waals surface area contributed by atoms with Gasteiger partial charge in [0.2, 0.25) is 11.0 Å². The van der Waals surface area contributed by atoms with Crippen molar-refractivity contribution in [2.75, 3.05) is 17.7 Å². The van der Waals surface area contributed by atoms with Gasteiger partial charge in [-0.15, -0.1) is 10.2 Å². The number of thiazole rings is 1. The second-order valence-electron chi connectivity index (χ2n) is 5.95. The molecule has 0 aliphatic heterocycles. The maximum absolute atomic E-state index is 12.4. The predicted octanol–water partition coefficient (Wildman–Crippen LogP) is 3.98. The zero-order valence-corrected chi connectivity index (χ0v) is 16.6. The first-order chi connectivity index (χ1) is 13.6. The van der Waals surface area contributed by atoms with Crippen LogP contribution in [-0.2, 0) is 11.2 Å². The summed E-state index contributed by atoms with van der Waals surface area (Å²) in [6.45, 7) is 2.54. The summed E-state index contributed by atoms with van der Waals surface area (Å²) < 4.78 is 6.48. The van der Waals surface area contributed by atoms with Gasteiger partial charge in [-0.3, -0.25) is 4.79 Å². The molecule has 2 heterocycles. The third-order valence-electron chi connectivity index (χ3n) is 3.90. The Kier molecular flexibility index (Phi) is 5.18. The zero-order valence-electron chi connectivity index (χ0n) is 15.0. The highest BCUT2D eigenvalue weighted by atomic mass is 32.1. The van der Waals surface area contributed by atoms with Gasteiger partial charge in [0.25, 0.3) is 0 Å². The molecule has 0 bridgehead atoms. The normalized spacial score (nSPS) is 10.9. The Bertz CT molecular complexity index is 1140. The third kappa shape index (κ3) is 4.10. The summed E-state index contributed by atoms with van der Waals surface area (Å²) in [5.41, 5.74) is 8.36. The van der Waals surface area contributed by atoms with E-state index in [2.05, 4.69) is 20.5 Å². The van der Waals surface area contributed by atoms with E-state index in [1.807, 2.05) is 49.4 Å². The standard InChI is InChI=1S/C19H17N5O2S2/c1-2-26-13-5-3-4-12(10-13)17-23-24-19(28-17)22-16(25)9-11-6-7-14-15(8-11)27-18(20)21-14/h3-8,10H,2,9H2,1H3,(H2,20,21)(H,22,24,25). The fourth-order valence-electron chi connectivity index (χ4n) is 2.72. The van der Waals surface area contributed by atoms with Crippen molar-refractivity contribution >= 4 is 49.1 Å². The van der Waals surface area contributed by atoms with Gasteiger partial charge < -0.3 is 15.8 Å². The van der Waals surface area contributed by atoms with E-state index >= 15 is 0 Å². The molecule has 0 atom stereocenters. The summed E-state index contributed by atoms with van der Waals surface area (Å²) in [6, 6.07) is 13.3. The van der Waals surface area contributed by atoms with Crippen LogP contribution in [0.2, 0.25) is 0 Å². The van der Waals surface area contributed by atoms with Crippen LogP contribution in [-0.4, -0.2) is 27.7 Å². The van der Waals surface area contributed by atoms with Gasteiger partial charge in [0.1, 0.15) is 10.8 Å². The van der Waals surface area contributed by atoms with Crippen molar-refractivity contribution in [3.63, 3.8) is 0 Å². The van der Waals surface area contributed by atoms with Gasteiger partial charge in [-0.05, 0) is 36.8 Å². The topological polar surface area (TPSA) is 103 Å². The first-order valence-electron chi connectivity index (χ1n) is 8.62. The number of ether oxygens (including phenoxy) is 1. The molecular weight excluding hydrogens is 394 g/mol. The van der Waals surface area contributed by atoms with E-state index in [0.717, 1.165) is 32.1 Å². The van der Waals surface area contributed by atoms with Crippen molar-refractivity contribution < 1.29 is 9.53 Å². The number of nitrogens with zero attached hydrogens (tertiary/aromatic N) is 3. The highest BCUT2D eigenvalue weighted by Crippen LogP contribution is 2.29. The van der Waals surface area contributed by atoms with Crippen LogP contribution in [0, 0.1) is 0 Å². The van der Waals surface area contributed by atoms with E-state index in [9.17, 15) is 4.79 Å². The van der Waals surface area contributed by atoms with E-state index in [1.165, 1.54) is 22.7 Å². The van der Waals surface area contributed by atoms with Crippen LogP contribution >= 0.6 is 22.7 Å². The maximum Gasteiger partial charge on any atom is 0.230 e. The third-order valence-corrected chi connectivity index (χ3v) is 5.63. The molecule has 7 nitrogen and oxygen atoms in total. The van der Waals surface area contributed by atoms with Crippen molar-refractivity contribution in [1.82, 2.24) is 15.2 Å². The predicted molar refractivity (Wildman–Crippen MR) is 113 cm³/mol. The number of rotatable bonds is 6. The van der Waals surface area contributed by atoms with Gasteiger partial charge in [0.15, 0.2) is 5.13 Å². The lowest BCUT2D eigenvalue weighted by Gasteiger charge is -2.03. The van der Waals surface area contributed by atoms with E-state index in [4.69, 9.17) is 10.5 Å². The second-order valence-corrected chi connectivity index (χ2v) is 7.99. The van der Waals surface area contributed by atoms with Crippen molar-refractivity contribution in [3.8, 4) is 16.3 Å². The minimum absolute atomic E-state index is 0.150. The summed E-state index contributed by atoms with van der Waals surface area (Å²) in [6.07, 6.45) is 0.239. The fourth-order valence-corrected chi connectivity index (χ4v) is 4.28. The van der Waals surface area contributed by atoms with Gasteiger partial charge >= 0.3 is 0 Å². The lowest BCUT2D eigenvalue weighted by atomic mass is 10.1. The molecule has 0 aliphatic carbocycles. The molecule has 28 heavy (non-hydrogen) atoms. The largest absolute Gasteiger partial charge is 0.494 e. The summed E-state index contributed by atoms with van der Waals surface area (Å²) in [4.78, 5) is 16.6. The minimum atomic E-state index is -0.150. The zero-order chi connectivity index (χ0) is 19.5. The van der Waals surface area contributed by atoms with Crippen LogP contribution in [0.4, 0.5) is 10.3 Å². The molecule has 142 valence electrons. The van der Waals surface area contributed by atoms with Gasteiger partial charge in [-0.2, -0.15) is 0 Å². The van der Waals surface area contributed by atoms with Crippen molar-refractivity contribution in [2.24, 2.45) is 0 Å². The summed E-state index contributed by atoms with van der Waals surface area (Å²) in [5, 5.41) is 12.8. The molecule has 3 N–H and O–H groups in total. The first kappa shape index (κ1) is 18.3. The lowest BCUT2D eigenvalue weighted by molar-refractivity contribution is -0.115. The summed E-state index contributed by atoms with van der Waals surface area (Å²) >= 11 is 2.73. The SMILES string of the molecule is CCOc1cccc(-c2nnc(NC(=O)Cc3ccc4nc(N)sc4c3)s2)c1. The van der Waals surface area contributed by atoms with Crippen LogP contribution in [0.3, 0.4) is 0 Å². The Hall–Kier alpha value is -3.04. The van der Waals surface area contributed by atoms with Crippen LogP contribution < -0.4 is 15.8 Å². The summed E-state index contributed by atoms with van der Waals surface area (Å²) in [5.74, 6) is 0.627. The van der Waals surface area contributed by atoms with Crippen LogP contribution in [0.25, 0.3) is 20.8 Å². The Morgan fingerprint density at radius 3 is 2.93 bits per heavy atom. The number of benzene rings is 2. The van der Waals surface area contributed by atoms with Crippen molar-refractivity contribution in [1.29, 1.82) is 0 Å². The Morgan fingerprint density at radius 2 is 2.07 bits per heavy atom. The van der Waals surface area contributed by atoms with Gasteiger partial charge in [0, 0.05) is 5.56 Å². The smallest absolute Gasteiger partial charge is 0.230 e. The second kappa shape index (κ2) is 7.91. The minimum Gasteiger partial charge on any atom is -0.494 e. The molecule has 0 aliphatic rings. The molecule has 4 rings (SSSR count).